The molecule has 1 heterocycles. The molecule has 0 spiro atoms. The fourth-order valence-electron chi connectivity index (χ4n) is 2.67. The fourth-order valence-corrected chi connectivity index (χ4v) is 2.67. The van der Waals surface area contributed by atoms with Gasteiger partial charge in [0.2, 0.25) is 0 Å². The first-order valence-corrected chi connectivity index (χ1v) is 7.74. The smallest absolute Gasteiger partial charge is 0.135 e. The predicted molar refractivity (Wildman–Crippen MR) is 83.9 cm³/mol. The molecule has 0 amide bonds. The summed E-state index contributed by atoms with van der Waals surface area (Å²) in [6.07, 6.45) is 6.30. The Hall–Kier alpha value is -1.35. The normalized spacial score (nSPS) is 11.4. The van der Waals surface area contributed by atoms with Crippen molar-refractivity contribution < 1.29 is 5.11 Å². The van der Waals surface area contributed by atoms with E-state index in [9.17, 15) is 5.11 Å². The van der Waals surface area contributed by atoms with Crippen LogP contribution in [0.2, 0.25) is 0 Å². The average Bonchev–Trinajstić information content (AvgIpc) is 2.76. The SMILES string of the molecule is CCCCCCCn1c(CO)nc2cc(C)c(C)cc21. The lowest BCUT2D eigenvalue weighted by atomic mass is 10.1. The van der Waals surface area contributed by atoms with Crippen LogP contribution in [-0.2, 0) is 13.2 Å². The lowest BCUT2D eigenvalue weighted by Gasteiger charge is -2.08. The number of benzene rings is 1. The molecule has 1 aromatic carbocycles. The number of imidazole rings is 1. The molecule has 110 valence electrons. The van der Waals surface area contributed by atoms with E-state index in [4.69, 9.17) is 0 Å². The number of rotatable bonds is 7. The largest absolute Gasteiger partial charge is 0.388 e. The lowest BCUT2D eigenvalue weighted by Crippen LogP contribution is -2.04. The summed E-state index contributed by atoms with van der Waals surface area (Å²) < 4.78 is 2.19. The first-order chi connectivity index (χ1) is 9.67. The van der Waals surface area contributed by atoms with E-state index in [1.165, 1.54) is 36.8 Å². The molecule has 3 nitrogen and oxygen atoms in total. The van der Waals surface area contributed by atoms with Gasteiger partial charge in [0.1, 0.15) is 12.4 Å². The van der Waals surface area contributed by atoms with Crippen LogP contribution in [-0.4, -0.2) is 14.7 Å². The van der Waals surface area contributed by atoms with Crippen LogP contribution in [0.3, 0.4) is 0 Å². The van der Waals surface area contributed by atoms with Gasteiger partial charge >= 0.3 is 0 Å². The highest BCUT2D eigenvalue weighted by Crippen LogP contribution is 2.21. The van der Waals surface area contributed by atoms with Crippen molar-refractivity contribution in [1.29, 1.82) is 0 Å². The molecular weight excluding hydrogens is 248 g/mol. The van der Waals surface area contributed by atoms with E-state index in [2.05, 4.69) is 42.5 Å². The van der Waals surface area contributed by atoms with Crippen molar-refractivity contribution in [2.24, 2.45) is 0 Å². The van der Waals surface area contributed by atoms with Crippen molar-refractivity contribution in [1.82, 2.24) is 9.55 Å². The van der Waals surface area contributed by atoms with Crippen molar-refractivity contribution in [3.8, 4) is 0 Å². The zero-order chi connectivity index (χ0) is 14.5. The van der Waals surface area contributed by atoms with Gasteiger partial charge < -0.3 is 9.67 Å². The highest BCUT2D eigenvalue weighted by atomic mass is 16.3. The van der Waals surface area contributed by atoms with Crippen LogP contribution < -0.4 is 0 Å². The predicted octanol–water partition coefficient (Wildman–Crippen LogP) is 4.12. The van der Waals surface area contributed by atoms with E-state index in [0.717, 1.165) is 29.8 Å². The first kappa shape index (κ1) is 15.0. The molecule has 0 unspecified atom stereocenters. The maximum absolute atomic E-state index is 9.52. The summed E-state index contributed by atoms with van der Waals surface area (Å²) in [7, 11) is 0. The molecule has 20 heavy (non-hydrogen) atoms. The maximum Gasteiger partial charge on any atom is 0.135 e. The van der Waals surface area contributed by atoms with Gasteiger partial charge in [-0.3, -0.25) is 0 Å². The van der Waals surface area contributed by atoms with Crippen molar-refractivity contribution in [2.75, 3.05) is 0 Å². The van der Waals surface area contributed by atoms with Gasteiger partial charge in [0.05, 0.1) is 11.0 Å². The highest BCUT2D eigenvalue weighted by molar-refractivity contribution is 5.78. The second kappa shape index (κ2) is 6.89. The monoisotopic (exact) mass is 274 g/mol. The van der Waals surface area contributed by atoms with Crippen LogP contribution >= 0.6 is 0 Å². The third-order valence-corrected chi connectivity index (χ3v) is 4.07. The average molecular weight is 274 g/mol. The number of hydrogen-bond donors (Lipinski definition) is 1. The standard InChI is InChI=1S/C17H26N2O/c1-4-5-6-7-8-9-19-16-11-14(3)13(2)10-15(16)18-17(19)12-20/h10-11,20H,4-9,12H2,1-3H3. The number of aliphatic hydroxyl groups is 1. The first-order valence-electron chi connectivity index (χ1n) is 7.74. The zero-order valence-corrected chi connectivity index (χ0v) is 12.9. The van der Waals surface area contributed by atoms with Gasteiger partial charge in [-0.1, -0.05) is 32.6 Å². The second-order valence-electron chi connectivity index (χ2n) is 5.68. The van der Waals surface area contributed by atoms with Crippen LogP contribution in [0.25, 0.3) is 11.0 Å². The quantitative estimate of drug-likeness (QED) is 0.771. The molecule has 0 saturated heterocycles. The summed E-state index contributed by atoms with van der Waals surface area (Å²) in [5.74, 6) is 0.792. The Labute approximate surface area is 121 Å². The Morgan fingerprint density at radius 2 is 1.75 bits per heavy atom. The number of hydrogen-bond acceptors (Lipinski definition) is 2. The number of fused-ring (bicyclic) bond motifs is 1. The van der Waals surface area contributed by atoms with Crippen LogP contribution in [0.5, 0.6) is 0 Å². The van der Waals surface area contributed by atoms with Gasteiger partial charge in [-0.2, -0.15) is 0 Å². The minimum atomic E-state index is 0.0156. The third kappa shape index (κ3) is 3.21. The van der Waals surface area contributed by atoms with E-state index < -0.39 is 0 Å². The zero-order valence-electron chi connectivity index (χ0n) is 12.9. The Balaban J connectivity index is 2.19. The summed E-state index contributed by atoms with van der Waals surface area (Å²) in [6, 6.07) is 4.32. The molecule has 0 aliphatic heterocycles. The van der Waals surface area contributed by atoms with Crippen molar-refractivity contribution >= 4 is 11.0 Å². The minimum Gasteiger partial charge on any atom is -0.388 e. The van der Waals surface area contributed by atoms with E-state index >= 15 is 0 Å². The molecule has 0 fully saturated rings. The molecule has 3 heteroatoms. The van der Waals surface area contributed by atoms with Crippen molar-refractivity contribution in [2.45, 2.75) is 66.0 Å². The number of unbranched alkanes of at least 4 members (excludes halogenated alkanes) is 4. The van der Waals surface area contributed by atoms with Gasteiger partial charge in [0, 0.05) is 6.54 Å². The molecular formula is C17H26N2O. The van der Waals surface area contributed by atoms with Crippen LogP contribution in [0, 0.1) is 13.8 Å². The molecule has 0 aliphatic carbocycles. The molecule has 1 aromatic heterocycles. The summed E-state index contributed by atoms with van der Waals surface area (Å²) in [4.78, 5) is 4.56. The summed E-state index contributed by atoms with van der Waals surface area (Å²) in [5.41, 5.74) is 4.71. The van der Waals surface area contributed by atoms with E-state index in [1.54, 1.807) is 0 Å². The molecule has 0 bridgehead atoms. The number of aryl methyl sites for hydroxylation is 3. The van der Waals surface area contributed by atoms with Gasteiger partial charge in [-0.25, -0.2) is 4.98 Å². The fraction of sp³-hybridized carbons (Fsp3) is 0.588. The molecule has 0 aliphatic rings. The highest BCUT2D eigenvalue weighted by Gasteiger charge is 2.10. The minimum absolute atomic E-state index is 0.0156. The molecule has 1 N–H and O–H groups in total. The van der Waals surface area contributed by atoms with Crippen LogP contribution in [0.1, 0.15) is 56.0 Å². The molecule has 2 aromatic rings. The van der Waals surface area contributed by atoms with E-state index in [1.807, 2.05) is 0 Å². The van der Waals surface area contributed by atoms with Gasteiger partial charge in [0.15, 0.2) is 0 Å². The molecule has 0 radical (unpaired) electrons. The Bertz CT molecular complexity index is 572. The summed E-state index contributed by atoms with van der Waals surface area (Å²) in [5, 5.41) is 9.52. The van der Waals surface area contributed by atoms with E-state index in [0.29, 0.717) is 0 Å². The number of aromatic nitrogens is 2. The molecule has 0 saturated carbocycles. The Morgan fingerprint density at radius 1 is 1.05 bits per heavy atom. The number of aliphatic hydroxyl groups excluding tert-OH is 1. The Kier molecular flexibility index (Phi) is 5.18. The van der Waals surface area contributed by atoms with Gasteiger partial charge in [0.25, 0.3) is 0 Å². The summed E-state index contributed by atoms with van der Waals surface area (Å²) in [6.45, 7) is 7.45. The molecule has 2 rings (SSSR count). The Morgan fingerprint density at radius 3 is 2.45 bits per heavy atom. The second-order valence-corrected chi connectivity index (χ2v) is 5.68. The summed E-state index contributed by atoms with van der Waals surface area (Å²) >= 11 is 0. The van der Waals surface area contributed by atoms with Crippen LogP contribution in [0.4, 0.5) is 0 Å². The van der Waals surface area contributed by atoms with Crippen LogP contribution in [0.15, 0.2) is 12.1 Å². The lowest BCUT2D eigenvalue weighted by molar-refractivity contribution is 0.265. The molecule has 0 atom stereocenters. The van der Waals surface area contributed by atoms with Gasteiger partial charge in [-0.15, -0.1) is 0 Å². The number of nitrogens with zero attached hydrogens (tertiary/aromatic N) is 2. The maximum atomic E-state index is 9.52. The van der Waals surface area contributed by atoms with E-state index in [-0.39, 0.29) is 6.61 Å². The van der Waals surface area contributed by atoms with Crippen molar-refractivity contribution in [3.63, 3.8) is 0 Å². The topological polar surface area (TPSA) is 38.0 Å². The van der Waals surface area contributed by atoms with Gasteiger partial charge in [-0.05, 0) is 43.5 Å². The van der Waals surface area contributed by atoms with Crippen molar-refractivity contribution in [3.05, 3.63) is 29.1 Å². The third-order valence-electron chi connectivity index (χ3n) is 4.07.